The third-order valence-corrected chi connectivity index (χ3v) is 6.04. The lowest BCUT2D eigenvalue weighted by Crippen LogP contribution is -2.25. The monoisotopic (exact) mass is 461 g/mol. The van der Waals surface area contributed by atoms with Gasteiger partial charge in [0.15, 0.2) is 17.5 Å². The SMILES string of the molecule is O=C1COc2ccc(C(=O)CSc3nc4ccccc4c(=O)n3-c3ccccc3F)cc2N1. The van der Waals surface area contributed by atoms with Gasteiger partial charge < -0.3 is 10.1 Å². The van der Waals surface area contributed by atoms with Gasteiger partial charge in [-0.15, -0.1) is 0 Å². The highest BCUT2D eigenvalue weighted by atomic mass is 32.2. The molecule has 1 aliphatic heterocycles. The molecule has 0 saturated heterocycles. The number of nitrogens with one attached hydrogen (secondary N) is 1. The highest BCUT2D eigenvalue weighted by Crippen LogP contribution is 2.30. The van der Waals surface area contributed by atoms with Crippen molar-refractivity contribution >= 4 is 40.0 Å². The van der Waals surface area contributed by atoms with Gasteiger partial charge in [-0.3, -0.25) is 19.0 Å². The van der Waals surface area contributed by atoms with Crippen LogP contribution in [0.15, 0.2) is 76.7 Å². The molecule has 0 atom stereocenters. The molecule has 5 rings (SSSR count). The number of amides is 1. The number of ketones is 1. The summed E-state index contributed by atoms with van der Waals surface area (Å²) in [7, 11) is 0. The number of para-hydroxylation sites is 2. The fourth-order valence-corrected chi connectivity index (χ4v) is 4.42. The number of Topliss-reactive ketones (excluding diaryl/α,β-unsaturated/α-hetero) is 1. The summed E-state index contributed by atoms with van der Waals surface area (Å²) in [5.74, 6) is -0.674. The van der Waals surface area contributed by atoms with Gasteiger partial charge in [-0.1, -0.05) is 36.0 Å². The molecule has 1 aliphatic rings. The van der Waals surface area contributed by atoms with Crippen molar-refractivity contribution in [3.63, 3.8) is 0 Å². The molecule has 164 valence electrons. The van der Waals surface area contributed by atoms with E-state index in [1.165, 1.54) is 22.8 Å². The van der Waals surface area contributed by atoms with E-state index in [1.807, 2.05) is 0 Å². The summed E-state index contributed by atoms with van der Waals surface area (Å²) in [5.41, 5.74) is 0.888. The molecule has 2 heterocycles. The number of hydrogen-bond acceptors (Lipinski definition) is 6. The molecule has 0 fully saturated rings. The highest BCUT2D eigenvalue weighted by molar-refractivity contribution is 7.99. The zero-order valence-electron chi connectivity index (χ0n) is 17.1. The second kappa shape index (κ2) is 8.51. The van der Waals surface area contributed by atoms with Crippen LogP contribution in [0.5, 0.6) is 5.75 Å². The Bertz CT molecular complexity index is 1480. The van der Waals surface area contributed by atoms with Gasteiger partial charge in [0.25, 0.3) is 11.5 Å². The van der Waals surface area contributed by atoms with Crippen LogP contribution in [0.1, 0.15) is 10.4 Å². The first-order chi connectivity index (χ1) is 16.0. The molecule has 0 unspecified atom stereocenters. The smallest absolute Gasteiger partial charge is 0.266 e. The van der Waals surface area contributed by atoms with E-state index in [4.69, 9.17) is 4.74 Å². The molecule has 0 saturated carbocycles. The van der Waals surface area contributed by atoms with Crippen LogP contribution in [0.4, 0.5) is 10.1 Å². The molecule has 0 aliphatic carbocycles. The fraction of sp³-hybridized carbons (Fsp3) is 0.0833. The summed E-state index contributed by atoms with van der Waals surface area (Å²) in [5, 5.41) is 3.22. The van der Waals surface area contributed by atoms with Crippen molar-refractivity contribution in [2.75, 3.05) is 17.7 Å². The van der Waals surface area contributed by atoms with E-state index in [1.54, 1.807) is 48.5 Å². The first-order valence-corrected chi connectivity index (χ1v) is 11.0. The maximum atomic E-state index is 14.6. The number of rotatable bonds is 5. The Hall–Kier alpha value is -3.98. The molecule has 0 spiro atoms. The largest absolute Gasteiger partial charge is 0.482 e. The van der Waals surface area contributed by atoms with Crippen LogP contribution in [-0.2, 0) is 4.79 Å². The van der Waals surface area contributed by atoms with Crippen molar-refractivity contribution in [1.82, 2.24) is 9.55 Å². The molecular weight excluding hydrogens is 445 g/mol. The molecule has 1 N–H and O–H groups in total. The van der Waals surface area contributed by atoms with Crippen LogP contribution >= 0.6 is 11.8 Å². The summed E-state index contributed by atoms with van der Waals surface area (Å²) in [6, 6.07) is 17.5. The maximum absolute atomic E-state index is 14.6. The van der Waals surface area contributed by atoms with Crippen molar-refractivity contribution in [2.45, 2.75) is 5.16 Å². The van der Waals surface area contributed by atoms with Crippen molar-refractivity contribution in [2.24, 2.45) is 0 Å². The summed E-state index contributed by atoms with van der Waals surface area (Å²) in [6.07, 6.45) is 0. The molecule has 3 aromatic carbocycles. The number of benzene rings is 3. The minimum absolute atomic E-state index is 0.0488. The van der Waals surface area contributed by atoms with E-state index >= 15 is 0 Å². The van der Waals surface area contributed by atoms with E-state index in [9.17, 15) is 18.8 Å². The first-order valence-electron chi connectivity index (χ1n) is 10.0. The summed E-state index contributed by atoms with van der Waals surface area (Å²) in [4.78, 5) is 42.2. The van der Waals surface area contributed by atoms with Gasteiger partial charge in [-0.25, -0.2) is 9.37 Å². The Kier molecular flexibility index (Phi) is 5.39. The molecule has 0 radical (unpaired) electrons. The van der Waals surface area contributed by atoms with Gasteiger partial charge in [-0.2, -0.15) is 0 Å². The quantitative estimate of drug-likeness (QED) is 0.276. The second-order valence-corrected chi connectivity index (χ2v) is 8.21. The van der Waals surface area contributed by atoms with Gasteiger partial charge >= 0.3 is 0 Å². The predicted molar refractivity (Wildman–Crippen MR) is 123 cm³/mol. The maximum Gasteiger partial charge on any atom is 0.266 e. The molecule has 9 heteroatoms. The fourth-order valence-electron chi connectivity index (χ4n) is 3.52. The molecule has 1 aromatic heterocycles. The lowest BCUT2D eigenvalue weighted by molar-refractivity contribution is -0.118. The minimum atomic E-state index is -0.574. The van der Waals surface area contributed by atoms with E-state index in [0.29, 0.717) is 27.9 Å². The number of fused-ring (bicyclic) bond motifs is 2. The van der Waals surface area contributed by atoms with Crippen LogP contribution in [-0.4, -0.2) is 33.6 Å². The Balaban J connectivity index is 1.50. The number of halogens is 1. The predicted octanol–water partition coefficient (Wildman–Crippen LogP) is 3.83. The lowest BCUT2D eigenvalue weighted by Gasteiger charge is -2.18. The van der Waals surface area contributed by atoms with Gasteiger partial charge in [0, 0.05) is 5.56 Å². The molecule has 4 aromatic rings. The number of ether oxygens (including phenoxy) is 1. The van der Waals surface area contributed by atoms with Crippen LogP contribution in [0.3, 0.4) is 0 Å². The summed E-state index contributed by atoms with van der Waals surface area (Å²) in [6.45, 7) is -0.0721. The van der Waals surface area contributed by atoms with Crippen molar-refractivity contribution < 1.29 is 18.7 Å². The molecule has 1 amide bonds. The van der Waals surface area contributed by atoms with Gasteiger partial charge in [0.1, 0.15) is 11.6 Å². The van der Waals surface area contributed by atoms with E-state index in [0.717, 1.165) is 11.8 Å². The number of thioether (sulfide) groups is 1. The van der Waals surface area contributed by atoms with Crippen LogP contribution in [0.2, 0.25) is 0 Å². The molecule has 7 nitrogen and oxygen atoms in total. The third-order valence-electron chi connectivity index (χ3n) is 5.11. The zero-order chi connectivity index (χ0) is 22.9. The van der Waals surface area contributed by atoms with Crippen molar-refractivity contribution in [3.05, 3.63) is 88.5 Å². The van der Waals surface area contributed by atoms with Crippen molar-refractivity contribution in [1.29, 1.82) is 0 Å². The standard InChI is InChI=1S/C24H16FN3O4S/c25-16-6-2-4-8-19(16)28-23(31)15-5-1-3-7-17(15)27-24(28)33-13-20(29)14-9-10-21-18(11-14)26-22(30)12-32-21/h1-11H,12-13H2,(H,26,30). The van der Waals surface area contributed by atoms with E-state index in [2.05, 4.69) is 10.3 Å². The number of hydrogen-bond donors (Lipinski definition) is 1. The van der Waals surface area contributed by atoms with Gasteiger partial charge in [0.05, 0.1) is 28.0 Å². The Morgan fingerprint density at radius 3 is 2.73 bits per heavy atom. The molecule has 0 bridgehead atoms. The summed E-state index contributed by atoms with van der Waals surface area (Å²) >= 11 is 1.04. The number of carbonyl (C=O) groups is 2. The highest BCUT2D eigenvalue weighted by Gasteiger charge is 2.20. The third kappa shape index (κ3) is 3.98. The Morgan fingerprint density at radius 2 is 1.88 bits per heavy atom. The van der Waals surface area contributed by atoms with Gasteiger partial charge in [-0.05, 0) is 42.5 Å². The number of anilines is 1. The second-order valence-electron chi connectivity index (χ2n) is 7.26. The average molecular weight is 461 g/mol. The first kappa shape index (κ1) is 20.9. The Morgan fingerprint density at radius 1 is 1.09 bits per heavy atom. The zero-order valence-corrected chi connectivity index (χ0v) is 17.9. The molecule has 33 heavy (non-hydrogen) atoms. The lowest BCUT2D eigenvalue weighted by atomic mass is 10.1. The number of aromatic nitrogens is 2. The number of nitrogens with zero attached hydrogens (tertiary/aromatic N) is 2. The average Bonchev–Trinajstić information content (AvgIpc) is 2.83. The number of carbonyl (C=O) groups excluding carboxylic acids is 2. The van der Waals surface area contributed by atoms with Gasteiger partial charge in [0.2, 0.25) is 0 Å². The van der Waals surface area contributed by atoms with E-state index in [-0.39, 0.29) is 34.9 Å². The topological polar surface area (TPSA) is 90.3 Å². The minimum Gasteiger partial charge on any atom is -0.482 e. The Labute approximate surface area is 191 Å². The summed E-state index contributed by atoms with van der Waals surface area (Å²) < 4.78 is 21.1. The van der Waals surface area contributed by atoms with Crippen molar-refractivity contribution in [3.8, 4) is 11.4 Å². The van der Waals surface area contributed by atoms with E-state index < -0.39 is 11.4 Å². The normalized spacial score (nSPS) is 12.7. The van der Waals surface area contributed by atoms with Crippen LogP contribution < -0.4 is 15.6 Å². The van der Waals surface area contributed by atoms with Crippen LogP contribution in [0.25, 0.3) is 16.6 Å². The van der Waals surface area contributed by atoms with Crippen LogP contribution in [0, 0.1) is 5.82 Å². The molecular formula is C24H16FN3O4S.